The van der Waals surface area contributed by atoms with Crippen LogP contribution in [-0.4, -0.2) is 15.3 Å². The lowest BCUT2D eigenvalue weighted by Gasteiger charge is -2.03. The van der Waals surface area contributed by atoms with E-state index in [9.17, 15) is 4.79 Å². The van der Waals surface area contributed by atoms with Crippen LogP contribution in [0.5, 0.6) is 0 Å². The van der Waals surface area contributed by atoms with E-state index in [1.54, 1.807) is 6.20 Å². The predicted octanol–water partition coefficient (Wildman–Crippen LogP) is 2.21. The van der Waals surface area contributed by atoms with Crippen molar-refractivity contribution in [2.75, 3.05) is 0 Å². The minimum absolute atomic E-state index is 0.134. The second-order valence-corrected chi connectivity index (χ2v) is 5.97. The molecule has 1 aromatic heterocycles. The number of carbonyl (C=O) groups excluding carboxylic acids is 1. The van der Waals surface area contributed by atoms with Gasteiger partial charge in [-0.2, -0.15) is 0 Å². The minimum Gasteiger partial charge on any atom is -0.338 e. The molecule has 0 N–H and O–H groups in total. The Labute approximate surface area is 96.9 Å². The van der Waals surface area contributed by atoms with Crippen LogP contribution >= 0.6 is 0 Å². The van der Waals surface area contributed by atoms with Crippen LogP contribution in [-0.2, 0) is 18.3 Å². The molecule has 88 valence electrons. The van der Waals surface area contributed by atoms with Crippen LogP contribution in [0.1, 0.15) is 33.5 Å². The molecule has 1 aliphatic rings. The van der Waals surface area contributed by atoms with Crippen LogP contribution in [0.25, 0.3) is 0 Å². The van der Waals surface area contributed by atoms with E-state index in [-0.39, 0.29) is 16.7 Å². The fourth-order valence-electron chi connectivity index (χ4n) is 2.83. The molecule has 1 aliphatic carbocycles. The zero-order chi connectivity index (χ0) is 12.1. The standard InChI is InChI=1S/C13H20N2O/c1-12(2)11(13(12,3)4)9(16)8-10-14-6-7-15(10)5/h6-7,11H,8H2,1-5H3. The van der Waals surface area contributed by atoms with Crippen molar-refractivity contribution in [2.24, 2.45) is 23.8 Å². The topological polar surface area (TPSA) is 34.9 Å². The molecule has 0 aliphatic heterocycles. The van der Waals surface area contributed by atoms with Gasteiger partial charge in [0, 0.05) is 25.4 Å². The van der Waals surface area contributed by atoms with Crippen LogP contribution in [0.2, 0.25) is 0 Å². The Balaban J connectivity index is 2.10. The van der Waals surface area contributed by atoms with Gasteiger partial charge in [0.05, 0.1) is 6.42 Å². The second-order valence-electron chi connectivity index (χ2n) is 5.97. The van der Waals surface area contributed by atoms with Gasteiger partial charge in [0.25, 0.3) is 0 Å². The van der Waals surface area contributed by atoms with Crippen molar-refractivity contribution < 1.29 is 4.79 Å². The normalized spacial score (nSPS) is 22.1. The van der Waals surface area contributed by atoms with Crippen LogP contribution in [0.4, 0.5) is 0 Å². The number of Topliss-reactive ketones (excluding diaryl/α,β-unsaturated/α-hetero) is 1. The molecule has 0 unspecified atom stereocenters. The Kier molecular flexibility index (Phi) is 2.26. The van der Waals surface area contributed by atoms with Gasteiger partial charge in [-0.05, 0) is 10.8 Å². The predicted molar refractivity (Wildman–Crippen MR) is 63.0 cm³/mol. The molecular formula is C13H20N2O. The Bertz CT molecular complexity index is 415. The molecule has 2 rings (SSSR count). The molecule has 0 amide bonds. The average molecular weight is 220 g/mol. The van der Waals surface area contributed by atoms with Crippen LogP contribution in [0.3, 0.4) is 0 Å². The number of imidazole rings is 1. The minimum atomic E-state index is 0.134. The van der Waals surface area contributed by atoms with Gasteiger partial charge < -0.3 is 4.57 Å². The lowest BCUT2D eigenvalue weighted by Crippen LogP contribution is -2.13. The zero-order valence-electron chi connectivity index (χ0n) is 10.7. The summed E-state index contributed by atoms with van der Waals surface area (Å²) in [6, 6.07) is 0. The Morgan fingerprint density at radius 3 is 2.31 bits per heavy atom. The summed E-state index contributed by atoms with van der Waals surface area (Å²) >= 11 is 0. The molecule has 3 nitrogen and oxygen atoms in total. The molecule has 0 atom stereocenters. The Morgan fingerprint density at radius 2 is 1.94 bits per heavy atom. The summed E-state index contributed by atoms with van der Waals surface area (Å²) in [7, 11) is 1.93. The third kappa shape index (κ3) is 1.41. The van der Waals surface area contributed by atoms with Crippen LogP contribution < -0.4 is 0 Å². The molecule has 1 fully saturated rings. The second kappa shape index (κ2) is 3.19. The summed E-state index contributed by atoms with van der Waals surface area (Å²) in [4.78, 5) is 16.4. The summed E-state index contributed by atoms with van der Waals surface area (Å²) in [5.74, 6) is 1.37. The van der Waals surface area contributed by atoms with Crippen LogP contribution in [0.15, 0.2) is 12.4 Å². The van der Waals surface area contributed by atoms with Crippen molar-refractivity contribution in [1.29, 1.82) is 0 Å². The van der Waals surface area contributed by atoms with Gasteiger partial charge in [0.1, 0.15) is 11.6 Å². The molecule has 0 radical (unpaired) electrons. The smallest absolute Gasteiger partial charge is 0.144 e. The number of hydrogen-bond acceptors (Lipinski definition) is 2. The van der Waals surface area contributed by atoms with Crippen molar-refractivity contribution in [3.63, 3.8) is 0 Å². The van der Waals surface area contributed by atoms with Crippen molar-refractivity contribution >= 4 is 5.78 Å². The molecule has 3 heteroatoms. The van der Waals surface area contributed by atoms with E-state index in [0.29, 0.717) is 12.2 Å². The molecule has 0 aromatic carbocycles. The molecule has 0 bridgehead atoms. The van der Waals surface area contributed by atoms with Crippen molar-refractivity contribution in [2.45, 2.75) is 34.1 Å². The number of hydrogen-bond donors (Lipinski definition) is 0. The van der Waals surface area contributed by atoms with Gasteiger partial charge in [0.15, 0.2) is 0 Å². The first-order chi connectivity index (χ1) is 7.28. The zero-order valence-corrected chi connectivity index (χ0v) is 10.7. The lowest BCUT2D eigenvalue weighted by atomic mass is 10.0. The van der Waals surface area contributed by atoms with E-state index in [4.69, 9.17) is 0 Å². The van der Waals surface area contributed by atoms with Gasteiger partial charge in [0.2, 0.25) is 0 Å². The first kappa shape index (κ1) is 11.4. The summed E-state index contributed by atoms with van der Waals surface area (Å²) in [6.45, 7) is 8.70. The summed E-state index contributed by atoms with van der Waals surface area (Å²) < 4.78 is 1.92. The van der Waals surface area contributed by atoms with Crippen molar-refractivity contribution in [3.8, 4) is 0 Å². The molecule has 1 heterocycles. The average Bonchev–Trinajstić information content (AvgIpc) is 2.44. The molecule has 0 saturated heterocycles. The largest absolute Gasteiger partial charge is 0.338 e. The van der Waals surface area contributed by atoms with E-state index in [2.05, 4.69) is 32.7 Å². The number of aromatic nitrogens is 2. The van der Waals surface area contributed by atoms with Crippen molar-refractivity contribution in [1.82, 2.24) is 9.55 Å². The van der Waals surface area contributed by atoms with Gasteiger partial charge in [-0.15, -0.1) is 0 Å². The third-order valence-electron chi connectivity index (χ3n) is 4.60. The molecule has 1 aromatic rings. The lowest BCUT2D eigenvalue weighted by molar-refractivity contribution is -0.120. The Morgan fingerprint density at radius 1 is 1.38 bits per heavy atom. The molecule has 1 saturated carbocycles. The molecule has 0 spiro atoms. The highest BCUT2D eigenvalue weighted by atomic mass is 16.1. The number of nitrogens with zero attached hydrogens (tertiary/aromatic N) is 2. The third-order valence-corrected chi connectivity index (χ3v) is 4.60. The molecular weight excluding hydrogens is 200 g/mol. The SMILES string of the molecule is Cn1ccnc1CC(=O)C1C(C)(C)C1(C)C. The van der Waals surface area contributed by atoms with Gasteiger partial charge >= 0.3 is 0 Å². The first-order valence-electron chi connectivity index (χ1n) is 5.77. The number of rotatable bonds is 3. The number of carbonyl (C=O) groups is 1. The monoisotopic (exact) mass is 220 g/mol. The van der Waals surface area contributed by atoms with Crippen LogP contribution in [0, 0.1) is 16.7 Å². The molecule has 16 heavy (non-hydrogen) atoms. The fourth-order valence-corrected chi connectivity index (χ4v) is 2.83. The maximum atomic E-state index is 12.2. The highest BCUT2D eigenvalue weighted by Gasteiger charge is 2.67. The van der Waals surface area contributed by atoms with Gasteiger partial charge in [-0.25, -0.2) is 4.98 Å². The maximum Gasteiger partial charge on any atom is 0.144 e. The Hall–Kier alpha value is -1.12. The maximum absolute atomic E-state index is 12.2. The summed E-state index contributed by atoms with van der Waals surface area (Å²) in [5, 5.41) is 0. The number of ketones is 1. The number of aryl methyl sites for hydroxylation is 1. The highest BCUT2D eigenvalue weighted by Crippen LogP contribution is 2.68. The van der Waals surface area contributed by atoms with Crippen molar-refractivity contribution in [3.05, 3.63) is 18.2 Å². The van der Waals surface area contributed by atoms with E-state index in [0.717, 1.165) is 5.82 Å². The summed E-state index contributed by atoms with van der Waals surface area (Å²) in [5.41, 5.74) is 0.268. The highest BCUT2D eigenvalue weighted by molar-refractivity contribution is 5.87. The summed E-state index contributed by atoms with van der Waals surface area (Å²) in [6.07, 6.45) is 4.08. The quantitative estimate of drug-likeness (QED) is 0.782. The van der Waals surface area contributed by atoms with Gasteiger partial charge in [-0.1, -0.05) is 27.7 Å². The fraction of sp³-hybridized carbons (Fsp3) is 0.692. The van der Waals surface area contributed by atoms with E-state index >= 15 is 0 Å². The van der Waals surface area contributed by atoms with E-state index < -0.39 is 0 Å². The van der Waals surface area contributed by atoms with Gasteiger partial charge in [-0.3, -0.25) is 4.79 Å². The van der Waals surface area contributed by atoms with E-state index in [1.807, 2.05) is 17.8 Å². The van der Waals surface area contributed by atoms with E-state index in [1.165, 1.54) is 0 Å². The first-order valence-corrected chi connectivity index (χ1v) is 5.77.